The van der Waals surface area contributed by atoms with Crippen LogP contribution in [-0.2, 0) is 17.6 Å². The molecular formula is C18H22F4N4O2. The van der Waals surface area contributed by atoms with E-state index in [-0.39, 0.29) is 17.9 Å². The van der Waals surface area contributed by atoms with E-state index in [0.29, 0.717) is 17.7 Å². The first-order valence-electron chi connectivity index (χ1n) is 7.96. The normalized spacial score (nSPS) is 10.6. The summed E-state index contributed by atoms with van der Waals surface area (Å²) in [5.41, 5.74) is -0.00805. The molecule has 2 aromatic rings. The quantitative estimate of drug-likeness (QED) is 0.264. The average Bonchev–Trinajstić information content (AvgIpc) is 2.60. The van der Waals surface area contributed by atoms with Crippen LogP contribution in [0, 0.1) is 12.7 Å². The van der Waals surface area contributed by atoms with Crippen LogP contribution in [0.5, 0.6) is 5.75 Å². The Morgan fingerprint density at radius 1 is 1.14 bits per heavy atom. The predicted molar refractivity (Wildman–Crippen MR) is 97.5 cm³/mol. The van der Waals surface area contributed by atoms with Crippen molar-refractivity contribution >= 4 is 12.1 Å². The minimum atomic E-state index is -4.55. The van der Waals surface area contributed by atoms with E-state index < -0.39 is 17.6 Å². The molecule has 1 amide bonds. The molecule has 2 rings (SSSR count). The Labute approximate surface area is 160 Å². The van der Waals surface area contributed by atoms with E-state index in [1.165, 1.54) is 43.4 Å². The zero-order chi connectivity index (χ0) is 21.5. The molecule has 0 unspecified atom stereocenters. The zero-order valence-electron chi connectivity index (χ0n) is 15.6. The summed E-state index contributed by atoms with van der Waals surface area (Å²) in [5.74, 6) is 9.41. The van der Waals surface area contributed by atoms with Crippen molar-refractivity contribution in [1.29, 1.82) is 0 Å². The molecule has 0 saturated heterocycles. The predicted octanol–water partition coefficient (Wildman–Crippen LogP) is 2.99. The molecule has 6 nitrogen and oxygen atoms in total. The Kier molecular flexibility index (Phi) is 8.20. The van der Waals surface area contributed by atoms with Crippen molar-refractivity contribution in [1.82, 2.24) is 5.01 Å². The lowest BCUT2D eigenvalue weighted by atomic mass is 10.1. The van der Waals surface area contributed by atoms with E-state index in [1.54, 1.807) is 13.0 Å². The van der Waals surface area contributed by atoms with E-state index in [0.717, 1.165) is 11.1 Å². The van der Waals surface area contributed by atoms with Crippen molar-refractivity contribution < 1.29 is 27.1 Å². The summed E-state index contributed by atoms with van der Waals surface area (Å²) in [6, 6.07) is 7.94. The summed E-state index contributed by atoms with van der Waals surface area (Å²) in [5, 5.41) is 2.13. The van der Waals surface area contributed by atoms with Gasteiger partial charge in [-0.1, -0.05) is 17.7 Å². The lowest BCUT2D eigenvalue weighted by Crippen LogP contribution is -2.27. The average molecular weight is 402 g/mol. The monoisotopic (exact) mass is 402 g/mol. The number of hydrogen-bond acceptors (Lipinski definition) is 5. The van der Waals surface area contributed by atoms with Gasteiger partial charge < -0.3 is 9.75 Å². The Balaban J connectivity index is 0.000000696. The number of hydrazine groups is 2. The van der Waals surface area contributed by atoms with Gasteiger partial charge in [-0.15, -0.1) is 0 Å². The van der Waals surface area contributed by atoms with Gasteiger partial charge in [-0.25, -0.2) is 16.1 Å². The number of aryl methyl sites for hydroxylation is 1. The molecule has 0 aliphatic rings. The number of carbonyl (C=O) groups excluding carboxylic acids is 1. The standard InChI is InChI=1S/C16H16F4N2O.C2H6N2O/c1-10-6-7-15(12(8-10)16(18,19)20)23-9-11-13(17)4-3-5-14(11)22(2)21;1-4(3)2-5/h3-8H,9,21H2,1-2H3;2H,3H2,1H3. The van der Waals surface area contributed by atoms with Crippen LogP contribution in [0.1, 0.15) is 16.7 Å². The van der Waals surface area contributed by atoms with E-state index in [4.69, 9.17) is 16.4 Å². The zero-order valence-corrected chi connectivity index (χ0v) is 15.6. The number of alkyl halides is 3. The summed E-state index contributed by atoms with van der Waals surface area (Å²) >= 11 is 0. The maximum absolute atomic E-state index is 13.9. The van der Waals surface area contributed by atoms with Gasteiger partial charge in [0.2, 0.25) is 6.41 Å². The number of halogens is 4. The molecule has 4 N–H and O–H groups in total. The van der Waals surface area contributed by atoms with Crippen LogP contribution in [-0.4, -0.2) is 25.5 Å². The number of hydrogen-bond donors (Lipinski definition) is 2. The SMILES string of the molecule is CN(N)C=O.Cc1ccc(OCc2c(F)cccc2N(C)N)c(C(F)(F)F)c1. The molecule has 0 heterocycles. The van der Waals surface area contributed by atoms with Crippen molar-refractivity contribution in [2.24, 2.45) is 11.7 Å². The van der Waals surface area contributed by atoms with Crippen LogP contribution in [0.4, 0.5) is 23.2 Å². The molecule has 154 valence electrons. The molecule has 0 radical (unpaired) electrons. The maximum Gasteiger partial charge on any atom is 0.419 e. The highest BCUT2D eigenvalue weighted by Crippen LogP contribution is 2.37. The topological polar surface area (TPSA) is 84.8 Å². The summed E-state index contributed by atoms with van der Waals surface area (Å²) in [4.78, 5) is 9.31. The van der Waals surface area contributed by atoms with Crippen LogP contribution in [0.3, 0.4) is 0 Å². The second kappa shape index (κ2) is 9.90. The highest BCUT2D eigenvalue weighted by Gasteiger charge is 2.34. The molecule has 28 heavy (non-hydrogen) atoms. The van der Waals surface area contributed by atoms with Crippen LogP contribution < -0.4 is 21.4 Å². The van der Waals surface area contributed by atoms with Gasteiger partial charge in [0.25, 0.3) is 0 Å². The van der Waals surface area contributed by atoms with Gasteiger partial charge in [0, 0.05) is 19.7 Å². The highest BCUT2D eigenvalue weighted by atomic mass is 19.4. The summed E-state index contributed by atoms with van der Waals surface area (Å²) in [7, 11) is 2.97. The largest absolute Gasteiger partial charge is 0.488 e. The van der Waals surface area contributed by atoms with Crippen LogP contribution in [0.25, 0.3) is 0 Å². The van der Waals surface area contributed by atoms with E-state index in [2.05, 4.69) is 0 Å². The van der Waals surface area contributed by atoms with Crippen molar-refractivity contribution in [2.75, 3.05) is 19.1 Å². The van der Waals surface area contributed by atoms with E-state index in [1.807, 2.05) is 0 Å². The van der Waals surface area contributed by atoms with Crippen LogP contribution in [0.15, 0.2) is 36.4 Å². The third kappa shape index (κ3) is 6.71. The second-order valence-corrected chi connectivity index (χ2v) is 5.91. The fourth-order valence-corrected chi connectivity index (χ4v) is 2.16. The molecule has 0 spiro atoms. The molecule has 0 aliphatic carbocycles. The lowest BCUT2D eigenvalue weighted by molar-refractivity contribution is -0.139. The molecule has 0 aliphatic heterocycles. The van der Waals surface area contributed by atoms with E-state index in [9.17, 15) is 22.4 Å². The van der Waals surface area contributed by atoms with Crippen molar-refractivity contribution in [3.8, 4) is 5.75 Å². The third-order valence-corrected chi connectivity index (χ3v) is 3.45. The summed E-state index contributed by atoms with van der Waals surface area (Å²) in [6.45, 7) is 1.19. The van der Waals surface area contributed by atoms with Crippen LogP contribution in [0.2, 0.25) is 0 Å². The number of ether oxygens (including phenoxy) is 1. The smallest absolute Gasteiger partial charge is 0.419 e. The number of anilines is 1. The van der Waals surface area contributed by atoms with Gasteiger partial charge >= 0.3 is 6.18 Å². The van der Waals surface area contributed by atoms with Gasteiger partial charge in [-0.3, -0.25) is 9.80 Å². The van der Waals surface area contributed by atoms with Gasteiger partial charge in [0.05, 0.1) is 11.3 Å². The Morgan fingerprint density at radius 2 is 1.75 bits per heavy atom. The number of amides is 1. The highest BCUT2D eigenvalue weighted by molar-refractivity contribution is 5.52. The molecule has 2 aromatic carbocycles. The van der Waals surface area contributed by atoms with Crippen molar-refractivity contribution in [3.63, 3.8) is 0 Å². The van der Waals surface area contributed by atoms with Crippen molar-refractivity contribution in [2.45, 2.75) is 19.7 Å². The fourth-order valence-electron chi connectivity index (χ4n) is 2.16. The Bertz CT molecular complexity index is 796. The van der Waals surface area contributed by atoms with Gasteiger partial charge in [0.15, 0.2) is 0 Å². The van der Waals surface area contributed by atoms with Gasteiger partial charge in [0.1, 0.15) is 18.2 Å². The molecule has 0 aromatic heterocycles. The number of nitrogens with zero attached hydrogens (tertiary/aromatic N) is 2. The second-order valence-electron chi connectivity index (χ2n) is 5.91. The maximum atomic E-state index is 13.9. The number of nitrogens with two attached hydrogens (primary N) is 2. The minimum absolute atomic E-state index is 0.0891. The first-order valence-corrected chi connectivity index (χ1v) is 7.96. The lowest BCUT2D eigenvalue weighted by Gasteiger charge is -2.19. The molecule has 0 bridgehead atoms. The molecule has 0 atom stereocenters. The van der Waals surface area contributed by atoms with E-state index >= 15 is 0 Å². The first-order chi connectivity index (χ1) is 13.0. The molecule has 0 fully saturated rings. The molecule has 0 saturated carbocycles. The third-order valence-electron chi connectivity index (χ3n) is 3.45. The van der Waals surface area contributed by atoms with Crippen molar-refractivity contribution in [3.05, 3.63) is 58.9 Å². The Hall–Kier alpha value is -2.85. The molecular weight excluding hydrogens is 380 g/mol. The van der Waals surface area contributed by atoms with Gasteiger partial charge in [-0.2, -0.15) is 13.2 Å². The number of rotatable bonds is 5. The Morgan fingerprint density at radius 3 is 2.25 bits per heavy atom. The number of benzene rings is 2. The first kappa shape index (κ1) is 23.2. The summed E-state index contributed by atoms with van der Waals surface area (Å²) < 4.78 is 58.3. The molecule has 10 heteroatoms. The van der Waals surface area contributed by atoms with Crippen LogP contribution >= 0.6 is 0 Å². The minimum Gasteiger partial charge on any atom is -0.488 e. The number of carbonyl (C=O) groups is 1. The van der Waals surface area contributed by atoms with Gasteiger partial charge in [-0.05, 0) is 31.2 Å². The summed E-state index contributed by atoms with van der Waals surface area (Å²) in [6.07, 6.45) is -4.02. The fraction of sp³-hybridized carbons (Fsp3) is 0.278.